The van der Waals surface area contributed by atoms with E-state index in [1.165, 1.54) is 16.2 Å². The van der Waals surface area contributed by atoms with Crippen LogP contribution < -0.4 is 5.32 Å². The summed E-state index contributed by atoms with van der Waals surface area (Å²) >= 11 is 4.99. The number of thiophene rings is 1. The number of carbonyl (C=O) groups is 2. The number of hydrogen-bond donors (Lipinski definition) is 1. The van der Waals surface area contributed by atoms with E-state index < -0.39 is 6.09 Å². The molecule has 0 unspecified atom stereocenters. The average molecular weight is 470 g/mol. The first-order valence-corrected chi connectivity index (χ1v) is 11.1. The number of carbonyl (C=O) groups excluding carboxylic acids is 2. The Kier molecular flexibility index (Phi) is 5.83. The van der Waals surface area contributed by atoms with Gasteiger partial charge >= 0.3 is 6.09 Å². The van der Waals surface area contributed by atoms with Crippen LogP contribution in [-0.4, -0.2) is 11.9 Å². The van der Waals surface area contributed by atoms with Gasteiger partial charge in [-0.25, -0.2) is 4.79 Å². The van der Waals surface area contributed by atoms with Crippen molar-refractivity contribution in [3.05, 3.63) is 85.7 Å². The Morgan fingerprint density at radius 1 is 1.14 bits per heavy atom. The predicted octanol–water partition coefficient (Wildman–Crippen LogP) is 6.29. The molecule has 29 heavy (non-hydrogen) atoms. The molecular formula is C23H20BrNO3S. The van der Waals surface area contributed by atoms with Gasteiger partial charge in [0.2, 0.25) is 0 Å². The number of benzene rings is 2. The Morgan fingerprint density at radius 2 is 1.93 bits per heavy atom. The largest absolute Gasteiger partial charge is 0.444 e. The molecule has 0 bridgehead atoms. The molecule has 0 saturated carbocycles. The lowest BCUT2D eigenvalue weighted by Crippen LogP contribution is -2.15. The summed E-state index contributed by atoms with van der Waals surface area (Å²) in [6.07, 6.45) is 2.29. The van der Waals surface area contributed by atoms with Gasteiger partial charge in [0.1, 0.15) is 11.6 Å². The van der Waals surface area contributed by atoms with Gasteiger partial charge in [-0.3, -0.25) is 10.1 Å². The van der Waals surface area contributed by atoms with Crippen LogP contribution in [0.25, 0.3) is 0 Å². The number of hydrogen-bond acceptors (Lipinski definition) is 4. The standard InChI is InChI=1S/C23H20BrNO3S/c1-14-10-11-16(18(24)12-14)21(26)20-17-8-5-9-19(17)29-22(20)25-23(27)28-13-15-6-3-2-4-7-15/h2-4,6-7,10-12H,5,8-9,13H2,1H3,(H,25,27). The number of anilines is 1. The van der Waals surface area contributed by atoms with Gasteiger partial charge in [-0.2, -0.15) is 0 Å². The highest BCUT2D eigenvalue weighted by atomic mass is 79.9. The van der Waals surface area contributed by atoms with E-state index in [4.69, 9.17) is 4.74 Å². The lowest BCUT2D eigenvalue weighted by atomic mass is 9.99. The molecule has 2 aromatic carbocycles. The second kappa shape index (κ2) is 8.51. The van der Waals surface area contributed by atoms with Crippen molar-refractivity contribution in [1.29, 1.82) is 0 Å². The SMILES string of the molecule is Cc1ccc(C(=O)c2c(NC(=O)OCc3ccccc3)sc3c2CCC3)c(Br)c1. The molecule has 0 saturated heterocycles. The molecule has 6 heteroatoms. The summed E-state index contributed by atoms with van der Waals surface area (Å²) in [6.45, 7) is 2.17. The van der Waals surface area contributed by atoms with E-state index in [1.54, 1.807) is 0 Å². The number of amides is 1. The highest BCUT2D eigenvalue weighted by Crippen LogP contribution is 2.41. The zero-order valence-electron chi connectivity index (χ0n) is 16.0. The number of ketones is 1. The normalized spacial score (nSPS) is 12.5. The first kappa shape index (κ1) is 19.9. The summed E-state index contributed by atoms with van der Waals surface area (Å²) in [6, 6.07) is 15.2. The molecule has 1 aliphatic rings. The minimum absolute atomic E-state index is 0.0744. The van der Waals surface area contributed by atoms with Gasteiger partial charge in [-0.05, 0) is 55.0 Å². The third-order valence-corrected chi connectivity index (χ3v) is 6.81. The number of fused-ring (bicyclic) bond motifs is 1. The van der Waals surface area contributed by atoms with Crippen LogP contribution in [0.1, 0.15) is 43.9 Å². The first-order chi connectivity index (χ1) is 14.0. The fraction of sp³-hybridized carbons (Fsp3) is 0.217. The minimum Gasteiger partial charge on any atom is -0.444 e. The second-order valence-corrected chi connectivity index (χ2v) is 9.02. The van der Waals surface area contributed by atoms with Crippen molar-refractivity contribution in [2.75, 3.05) is 5.32 Å². The molecule has 0 radical (unpaired) electrons. The van der Waals surface area contributed by atoms with E-state index in [-0.39, 0.29) is 12.4 Å². The molecular weight excluding hydrogens is 450 g/mol. The van der Waals surface area contributed by atoms with Crippen LogP contribution in [0.3, 0.4) is 0 Å². The molecule has 0 spiro atoms. The van der Waals surface area contributed by atoms with Crippen LogP contribution in [0.15, 0.2) is 53.0 Å². The van der Waals surface area contributed by atoms with Crippen LogP contribution in [-0.2, 0) is 24.2 Å². The van der Waals surface area contributed by atoms with E-state index >= 15 is 0 Å². The van der Waals surface area contributed by atoms with Crippen LogP contribution in [0, 0.1) is 6.92 Å². The summed E-state index contributed by atoms with van der Waals surface area (Å²) in [5, 5.41) is 3.39. The summed E-state index contributed by atoms with van der Waals surface area (Å²) in [4.78, 5) is 26.9. The topological polar surface area (TPSA) is 55.4 Å². The third kappa shape index (κ3) is 4.28. The quantitative estimate of drug-likeness (QED) is 0.446. The van der Waals surface area contributed by atoms with E-state index in [9.17, 15) is 9.59 Å². The Balaban J connectivity index is 1.58. The van der Waals surface area contributed by atoms with Crippen LogP contribution >= 0.6 is 27.3 Å². The monoisotopic (exact) mass is 469 g/mol. The first-order valence-electron chi connectivity index (χ1n) is 9.46. The Bertz CT molecular complexity index is 1080. The predicted molar refractivity (Wildman–Crippen MR) is 119 cm³/mol. The van der Waals surface area contributed by atoms with Crippen LogP contribution in [0.5, 0.6) is 0 Å². The average Bonchev–Trinajstić information content (AvgIpc) is 3.27. The maximum absolute atomic E-state index is 13.4. The Labute approximate surface area is 182 Å². The van der Waals surface area contributed by atoms with Crippen LogP contribution in [0.2, 0.25) is 0 Å². The van der Waals surface area contributed by atoms with Crippen molar-refractivity contribution >= 4 is 44.1 Å². The number of ether oxygens (including phenoxy) is 1. The van der Waals surface area contributed by atoms with Gasteiger partial charge in [0.25, 0.3) is 0 Å². The summed E-state index contributed by atoms with van der Waals surface area (Å²) < 4.78 is 6.11. The smallest absolute Gasteiger partial charge is 0.412 e. The highest BCUT2D eigenvalue weighted by Gasteiger charge is 2.29. The van der Waals surface area contributed by atoms with Gasteiger partial charge < -0.3 is 4.74 Å². The summed E-state index contributed by atoms with van der Waals surface area (Å²) in [5.41, 5.74) is 4.25. The maximum atomic E-state index is 13.4. The number of rotatable bonds is 5. The number of halogens is 1. The van der Waals surface area contributed by atoms with Gasteiger partial charge in [-0.1, -0.05) is 52.3 Å². The second-order valence-electron chi connectivity index (χ2n) is 7.06. The van der Waals surface area contributed by atoms with E-state index in [0.29, 0.717) is 16.1 Å². The lowest BCUT2D eigenvalue weighted by Gasteiger charge is -2.10. The maximum Gasteiger partial charge on any atom is 0.412 e. The molecule has 1 aromatic heterocycles. The van der Waals surface area contributed by atoms with Crippen molar-refractivity contribution in [2.24, 2.45) is 0 Å². The third-order valence-electron chi connectivity index (χ3n) is 4.95. The molecule has 4 nitrogen and oxygen atoms in total. The van der Waals surface area contributed by atoms with Crippen LogP contribution in [0.4, 0.5) is 9.80 Å². The van der Waals surface area contributed by atoms with Crippen molar-refractivity contribution in [2.45, 2.75) is 32.8 Å². The molecule has 0 aliphatic heterocycles. The zero-order valence-corrected chi connectivity index (χ0v) is 18.4. The molecule has 1 N–H and O–H groups in total. The van der Waals surface area contributed by atoms with E-state index in [0.717, 1.165) is 40.4 Å². The van der Waals surface area contributed by atoms with E-state index in [1.807, 2.05) is 55.5 Å². The van der Waals surface area contributed by atoms with Crippen molar-refractivity contribution in [3.63, 3.8) is 0 Å². The fourth-order valence-corrected chi connectivity index (χ4v) is 5.47. The van der Waals surface area contributed by atoms with Gasteiger partial charge in [-0.15, -0.1) is 11.3 Å². The zero-order chi connectivity index (χ0) is 20.4. The number of aryl methyl sites for hydroxylation is 2. The molecule has 4 rings (SSSR count). The van der Waals surface area contributed by atoms with Gasteiger partial charge in [0.15, 0.2) is 5.78 Å². The molecule has 148 valence electrons. The lowest BCUT2D eigenvalue weighted by molar-refractivity contribution is 0.103. The molecule has 1 amide bonds. The van der Waals surface area contributed by atoms with Crippen molar-refractivity contribution in [3.8, 4) is 0 Å². The molecule has 0 atom stereocenters. The molecule has 3 aromatic rings. The highest BCUT2D eigenvalue weighted by molar-refractivity contribution is 9.10. The van der Waals surface area contributed by atoms with Crippen molar-refractivity contribution in [1.82, 2.24) is 0 Å². The Morgan fingerprint density at radius 3 is 2.69 bits per heavy atom. The van der Waals surface area contributed by atoms with Crippen molar-refractivity contribution < 1.29 is 14.3 Å². The summed E-state index contributed by atoms with van der Waals surface area (Å²) in [7, 11) is 0. The molecule has 0 fully saturated rings. The van der Waals surface area contributed by atoms with Gasteiger partial charge in [0, 0.05) is 14.9 Å². The Hall–Kier alpha value is -2.44. The molecule has 1 aliphatic carbocycles. The molecule has 1 heterocycles. The van der Waals surface area contributed by atoms with E-state index in [2.05, 4.69) is 21.2 Å². The summed E-state index contributed by atoms with van der Waals surface area (Å²) in [5.74, 6) is -0.0744. The fourth-order valence-electron chi connectivity index (χ4n) is 3.52. The number of nitrogens with one attached hydrogen (secondary N) is 1. The van der Waals surface area contributed by atoms with Gasteiger partial charge in [0.05, 0.1) is 5.56 Å². The minimum atomic E-state index is -0.550.